The highest BCUT2D eigenvalue weighted by Gasteiger charge is 2.20. The summed E-state index contributed by atoms with van der Waals surface area (Å²) in [5.41, 5.74) is 0. The first-order valence-electron chi connectivity index (χ1n) is 29.0. The van der Waals surface area contributed by atoms with Crippen LogP contribution in [-0.2, 0) is 28.5 Å². The molecule has 1 aliphatic heterocycles. The number of carbonyl (C=O) groups excluding carboxylic acids is 4. The van der Waals surface area contributed by atoms with Crippen LogP contribution >= 0.6 is 21.6 Å². The zero-order valence-corrected chi connectivity index (χ0v) is 46.8. The standard InChI is InChI=1S/C56H107N3O8S2/c1-5-9-13-17-21-27-35-51(36-28-22-18-14-10-6-2)66-53(60)39-33-44-59(45-34-40-54(61)67-52(37-29-23-19-15-11-7-3)38-30-24-20-16-12-8-4)56(63)65-48-50-69-68-49-47-64-55(62)57-41-46-58-42-31-25-26-32-43-58/h51-52H,5-50H2,1-4H3,(H,57,62). The lowest BCUT2D eigenvalue weighted by molar-refractivity contribution is -0.150. The van der Waals surface area contributed by atoms with Crippen molar-refractivity contribution >= 4 is 45.7 Å². The van der Waals surface area contributed by atoms with E-state index in [1.807, 2.05) is 0 Å². The number of alkyl carbamates (subject to hydrolysis) is 1. The number of likely N-dealkylation sites (tertiary alicyclic amines) is 1. The van der Waals surface area contributed by atoms with Crippen molar-refractivity contribution in [2.75, 3.05) is 64.0 Å². The van der Waals surface area contributed by atoms with Crippen LogP contribution in [0, 0.1) is 0 Å². The number of hydrogen-bond donors (Lipinski definition) is 1. The molecule has 69 heavy (non-hydrogen) atoms. The Kier molecular flexibility index (Phi) is 46.9. The third kappa shape index (κ3) is 42.4. The molecule has 1 N–H and O–H groups in total. The van der Waals surface area contributed by atoms with E-state index < -0.39 is 6.09 Å². The van der Waals surface area contributed by atoms with Crippen LogP contribution in [0.4, 0.5) is 9.59 Å². The van der Waals surface area contributed by atoms with Crippen molar-refractivity contribution in [3.8, 4) is 0 Å². The molecule has 1 heterocycles. The predicted molar refractivity (Wildman–Crippen MR) is 292 cm³/mol. The second-order valence-corrected chi connectivity index (χ2v) is 22.4. The van der Waals surface area contributed by atoms with Crippen LogP contribution < -0.4 is 5.32 Å². The molecule has 0 unspecified atom stereocenters. The van der Waals surface area contributed by atoms with Crippen molar-refractivity contribution in [3.63, 3.8) is 0 Å². The fourth-order valence-corrected chi connectivity index (χ4v) is 10.7. The number of hydrogen-bond acceptors (Lipinski definition) is 11. The fourth-order valence-electron chi connectivity index (χ4n) is 9.01. The van der Waals surface area contributed by atoms with Gasteiger partial charge in [0.2, 0.25) is 0 Å². The molecule has 2 amide bonds. The number of carbonyl (C=O) groups is 4. The summed E-state index contributed by atoms with van der Waals surface area (Å²) < 4.78 is 23.3. The van der Waals surface area contributed by atoms with Gasteiger partial charge in [-0.05, 0) is 90.1 Å². The van der Waals surface area contributed by atoms with Crippen molar-refractivity contribution in [3.05, 3.63) is 0 Å². The van der Waals surface area contributed by atoms with Crippen molar-refractivity contribution in [1.82, 2.24) is 15.1 Å². The fraction of sp³-hybridized carbons (Fsp3) is 0.929. The van der Waals surface area contributed by atoms with Gasteiger partial charge >= 0.3 is 24.1 Å². The minimum Gasteiger partial charge on any atom is -0.462 e. The molecule has 0 aromatic carbocycles. The number of nitrogens with one attached hydrogen (secondary N) is 1. The first kappa shape index (κ1) is 65.2. The Labute approximate surface area is 432 Å². The molecule has 1 saturated heterocycles. The molecule has 0 aromatic rings. The van der Waals surface area contributed by atoms with E-state index >= 15 is 0 Å². The normalized spacial score (nSPS) is 13.1. The molecule has 0 aromatic heterocycles. The van der Waals surface area contributed by atoms with Crippen molar-refractivity contribution in [2.45, 2.75) is 271 Å². The van der Waals surface area contributed by atoms with E-state index in [-0.39, 0.29) is 49.7 Å². The Morgan fingerprint density at radius 2 is 0.870 bits per heavy atom. The molecule has 0 spiro atoms. The number of unbranched alkanes of at least 4 members (excludes halogenated alkanes) is 20. The van der Waals surface area contributed by atoms with Crippen LogP contribution in [-0.4, -0.2) is 110 Å². The van der Waals surface area contributed by atoms with E-state index in [1.54, 1.807) is 26.5 Å². The topological polar surface area (TPSA) is 124 Å². The van der Waals surface area contributed by atoms with E-state index in [2.05, 4.69) is 37.9 Å². The molecule has 1 rings (SSSR count). The summed E-state index contributed by atoms with van der Waals surface area (Å²) in [5.74, 6) is 0.826. The van der Waals surface area contributed by atoms with Crippen molar-refractivity contribution in [1.29, 1.82) is 0 Å². The van der Waals surface area contributed by atoms with Gasteiger partial charge in [-0.1, -0.05) is 191 Å². The maximum absolute atomic E-state index is 13.5. The number of rotatable bonds is 48. The highest BCUT2D eigenvalue weighted by molar-refractivity contribution is 8.76. The molecule has 0 saturated carbocycles. The van der Waals surface area contributed by atoms with E-state index in [9.17, 15) is 19.2 Å². The van der Waals surface area contributed by atoms with Gasteiger partial charge in [0.05, 0.1) is 0 Å². The second-order valence-electron chi connectivity index (χ2n) is 19.7. The number of nitrogens with zero attached hydrogens (tertiary/aromatic N) is 2. The van der Waals surface area contributed by atoms with Crippen LogP contribution in [0.15, 0.2) is 0 Å². The molecule has 13 heteroatoms. The first-order chi connectivity index (χ1) is 33.8. The van der Waals surface area contributed by atoms with Crippen LogP contribution in [0.1, 0.15) is 259 Å². The minimum atomic E-state index is -0.435. The van der Waals surface area contributed by atoms with Crippen LogP contribution in [0.5, 0.6) is 0 Å². The van der Waals surface area contributed by atoms with E-state index in [0.717, 1.165) is 71.0 Å². The van der Waals surface area contributed by atoms with Gasteiger partial charge in [0.15, 0.2) is 0 Å². The molecular weight excluding hydrogens is 907 g/mol. The van der Waals surface area contributed by atoms with Gasteiger partial charge in [-0.15, -0.1) is 0 Å². The van der Waals surface area contributed by atoms with Gasteiger partial charge in [0, 0.05) is 50.5 Å². The van der Waals surface area contributed by atoms with Gasteiger partial charge in [-0.2, -0.15) is 0 Å². The summed E-state index contributed by atoms with van der Waals surface area (Å²) >= 11 is 0. The monoisotopic (exact) mass is 1010 g/mol. The molecule has 0 bridgehead atoms. The summed E-state index contributed by atoms with van der Waals surface area (Å²) in [4.78, 5) is 56.2. The van der Waals surface area contributed by atoms with Crippen molar-refractivity contribution in [2.24, 2.45) is 0 Å². The lowest BCUT2D eigenvalue weighted by Gasteiger charge is -2.23. The second kappa shape index (κ2) is 49.7. The smallest absolute Gasteiger partial charge is 0.409 e. The predicted octanol–water partition coefficient (Wildman–Crippen LogP) is 15.8. The average molecular weight is 1010 g/mol. The Hall–Kier alpha value is -1.86. The number of esters is 2. The highest BCUT2D eigenvalue weighted by atomic mass is 33.1. The molecule has 0 radical (unpaired) electrons. The molecule has 0 aliphatic carbocycles. The Morgan fingerprint density at radius 1 is 0.493 bits per heavy atom. The molecule has 11 nitrogen and oxygen atoms in total. The van der Waals surface area contributed by atoms with Gasteiger partial charge in [-0.3, -0.25) is 9.59 Å². The summed E-state index contributed by atoms with van der Waals surface area (Å²) in [6.07, 6.45) is 38.3. The summed E-state index contributed by atoms with van der Waals surface area (Å²) in [7, 11) is 3.15. The van der Waals surface area contributed by atoms with Gasteiger partial charge in [-0.25, -0.2) is 9.59 Å². The van der Waals surface area contributed by atoms with Gasteiger partial charge < -0.3 is 34.1 Å². The lowest BCUT2D eigenvalue weighted by atomic mass is 10.0. The Balaban J connectivity index is 2.70. The van der Waals surface area contributed by atoms with Crippen molar-refractivity contribution < 1.29 is 38.1 Å². The van der Waals surface area contributed by atoms with Gasteiger partial charge in [0.1, 0.15) is 25.4 Å². The SMILES string of the molecule is CCCCCCCCC(CCCCCCCC)OC(=O)CCCN(CCCC(=O)OC(CCCCCCCC)CCCCCCCC)C(=O)OCCSSCCOC(=O)NCCN1CCCCCC1. The molecular formula is C56H107N3O8S2. The Bertz CT molecular complexity index is 1110. The summed E-state index contributed by atoms with van der Waals surface area (Å²) in [6.45, 7) is 13.8. The maximum Gasteiger partial charge on any atom is 0.409 e. The third-order valence-electron chi connectivity index (χ3n) is 13.3. The summed E-state index contributed by atoms with van der Waals surface area (Å²) in [5, 5.41) is 2.87. The summed E-state index contributed by atoms with van der Waals surface area (Å²) in [6, 6.07) is 0. The van der Waals surface area contributed by atoms with Crippen LogP contribution in [0.3, 0.4) is 0 Å². The maximum atomic E-state index is 13.5. The Morgan fingerprint density at radius 3 is 1.28 bits per heavy atom. The quantitative estimate of drug-likeness (QED) is 0.0271. The molecule has 0 atom stereocenters. The van der Waals surface area contributed by atoms with E-state index in [0.29, 0.717) is 50.6 Å². The average Bonchev–Trinajstić information content (AvgIpc) is 3.62. The van der Waals surface area contributed by atoms with E-state index in [1.165, 1.54) is 154 Å². The molecule has 1 fully saturated rings. The third-order valence-corrected chi connectivity index (χ3v) is 15.6. The van der Waals surface area contributed by atoms with Gasteiger partial charge in [0.25, 0.3) is 0 Å². The zero-order chi connectivity index (χ0) is 50.1. The highest BCUT2D eigenvalue weighted by Crippen LogP contribution is 2.22. The van der Waals surface area contributed by atoms with Crippen LogP contribution in [0.25, 0.3) is 0 Å². The zero-order valence-electron chi connectivity index (χ0n) is 45.2. The first-order valence-corrected chi connectivity index (χ1v) is 31.5. The largest absolute Gasteiger partial charge is 0.462 e. The number of ether oxygens (including phenoxy) is 4. The lowest BCUT2D eigenvalue weighted by Crippen LogP contribution is -2.35. The minimum absolute atomic E-state index is 0.0500. The molecule has 406 valence electrons. The van der Waals surface area contributed by atoms with E-state index in [4.69, 9.17) is 18.9 Å². The molecule has 1 aliphatic rings. The number of amides is 2. The van der Waals surface area contributed by atoms with Crippen LogP contribution in [0.2, 0.25) is 0 Å².